The molecule has 0 radical (unpaired) electrons. The van der Waals surface area contributed by atoms with Crippen molar-refractivity contribution in [3.05, 3.63) is 53.6 Å². The van der Waals surface area contributed by atoms with E-state index < -0.39 is 0 Å². The number of rotatable bonds is 4. The van der Waals surface area contributed by atoms with Gasteiger partial charge < -0.3 is 15.4 Å². The number of ether oxygens (including phenoxy) is 1. The van der Waals surface area contributed by atoms with Gasteiger partial charge in [0.15, 0.2) is 0 Å². The molecule has 0 saturated carbocycles. The van der Waals surface area contributed by atoms with E-state index in [1.807, 2.05) is 18.0 Å². The van der Waals surface area contributed by atoms with Gasteiger partial charge in [0.2, 0.25) is 0 Å². The molecule has 0 aliphatic carbocycles. The fourth-order valence-electron chi connectivity index (χ4n) is 2.20. The maximum Gasteiger partial charge on any atom is 0.337 e. The van der Waals surface area contributed by atoms with E-state index in [1.165, 1.54) is 12.7 Å². The Labute approximate surface area is 125 Å². The number of benzene rings is 2. The van der Waals surface area contributed by atoms with Crippen LogP contribution in [0.2, 0.25) is 0 Å². The molecule has 2 rings (SSSR count). The Bertz CT molecular complexity index is 636. The Morgan fingerprint density at radius 2 is 1.86 bits per heavy atom. The van der Waals surface area contributed by atoms with Gasteiger partial charge >= 0.3 is 5.97 Å². The average Bonchev–Trinajstić information content (AvgIpc) is 2.53. The van der Waals surface area contributed by atoms with E-state index in [9.17, 15) is 4.79 Å². The lowest BCUT2D eigenvalue weighted by atomic mass is 10.1. The van der Waals surface area contributed by atoms with E-state index in [2.05, 4.69) is 31.2 Å². The molecular weight excluding hydrogens is 264 g/mol. The van der Waals surface area contributed by atoms with Crippen LogP contribution in [0.1, 0.15) is 22.8 Å². The summed E-state index contributed by atoms with van der Waals surface area (Å²) in [5, 5.41) is 0. The molecule has 0 amide bonds. The fraction of sp³-hybridized carbons (Fsp3) is 0.235. The standard InChI is InChI=1S/C17H20N2O2/c1-4-12-5-8-14(9-6-12)19(2)16-10-7-13(11-15(16)18)17(20)21-3/h5-11H,4,18H2,1-3H3. The summed E-state index contributed by atoms with van der Waals surface area (Å²) >= 11 is 0. The predicted molar refractivity (Wildman–Crippen MR) is 86.1 cm³/mol. The molecule has 21 heavy (non-hydrogen) atoms. The molecule has 0 bridgehead atoms. The summed E-state index contributed by atoms with van der Waals surface area (Å²) in [5.41, 5.74) is 10.2. The molecule has 0 heterocycles. The van der Waals surface area contributed by atoms with Crippen LogP contribution < -0.4 is 10.6 Å². The smallest absolute Gasteiger partial charge is 0.337 e. The largest absolute Gasteiger partial charge is 0.465 e. The lowest BCUT2D eigenvalue weighted by molar-refractivity contribution is 0.0601. The number of esters is 1. The molecule has 2 N–H and O–H groups in total. The zero-order valence-electron chi connectivity index (χ0n) is 12.6. The van der Waals surface area contributed by atoms with Crippen molar-refractivity contribution >= 4 is 23.0 Å². The summed E-state index contributed by atoms with van der Waals surface area (Å²) in [6, 6.07) is 13.5. The second-order valence-electron chi connectivity index (χ2n) is 4.84. The molecule has 0 saturated heterocycles. The van der Waals surface area contributed by atoms with Crippen molar-refractivity contribution in [1.29, 1.82) is 0 Å². The average molecular weight is 284 g/mol. The van der Waals surface area contributed by atoms with Crippen LogP contribution in [0.4, 0.5) is 17.1 Å². The van der Waals surface area contributed by atoms with Crippen LogP contribution >= 0.6 is 0 Å². The van der Waals surface area contributed by atoms with Crippen molar-refractivity contribution in [2.75, 3.05) is 24.8 Å². The molecule has 0 aromatic heterocycles. The third-order valence-electron chi connectivity index (χ3n) is 3.54. The van der Waals surface area contributed by atoms with E-state index >= 15 is 0 Å². The monoisotopic (exact) mass is 284 g/mol. The minimum Gasteiger partial charge on any atom is -0.465 e. The quantitative estimate of drug-likeness (QED) is 0.690. The number of anilines is 3. The summed E-state index contributed by atoms with van der Waals surface area (Å²) < 4.78 is 4.69. The molecule has 0 aliphatic heterocycles. The summed E-state index contributed by atoms with van der Waals surface area (Å²) in [6.45, 7) is 2.13. The van der Waals surface area contributed by atoms with Crippen LogP contribution in [0.25, 0.3) is 0 Å². The minimum atomic E-state index is -0.386. The Kier molecular flexibility index (Phi) is 4.48. The Balaban J connectivity index is 2.30. The van der Waals surface area contributed by atoms with Crippen molar-refractivity contribution < 1.29 is 9.53 Å². The van der Waals surface area contributed by atoms with Gasteiger partial charge in [0.05, 0.1) is 24.0 Å². The normalized spacial score (nSPS) is 10.2. The van der Waals surface area contributed by atoms with Gasteiger partial charge in [0.1, 0.15) is 0 Å². The maximum absolute atomic E-state index is 11.5. The molecule has 0 atom stereocenters. The van der Waals surface area contributed by atoms with Crippen LogP contribution in [0.5, 0.6) is 0 Å². The highest BCUT2D eigenvalue weighted by Gasteiger charge is 2.11. The Morgan fingerprint density at radius 1 is 1.19 bits per heavy atom. The summed E-state index contributed by atoms with van der Waals surface area (Å²) in [7, 11) is 3.30. The van der Waals surface area contributed by atoms with Crippen LogP contribution in [0, 0.1) is 0 Å². The van der Waals surface area contributed by atoms with Crippen molar-refractivity contribution in [3.8, 4) is 0 Å². The number of methoxy groups -OCH3 is 1. The van der Waals surface area contributed by atoms with E-state index in [0.717, 1.165) is 17.8 Å². The van der Waals surface area contributed by atoms with Gasteiger partial charge in [-0.2, -0.15) is 0 Å². The Hall–Kier alpha value is -2.49. The van der Waals surface area contributed by atoms with Crippen molar-refractivity contribution in [1.82, 2.24) is 0 Å². The number of aryl methyl sites for hydroxylation is 1. The summed E-state index contributed by atoms with van der Waals surface area (Å²) in [4.78, 5) is 13.5. The number of hydrogen-bond donors (Lipinski definition) is 1. The van der Waals surface area contributed by atoms with Crippen molar-refractivity contribution in [3.63, 3.8) is 0 Å². The molecule has 2 aromatic carbocycles. The molecular formula is C17H20N2O2. The lowest BCUT2D eigenvalue weighted by Gasteiger charge is -2.22. The molecule has 2 aromatic rings. The van der Waals surface area contributed by atoms with Gasteiger partial charge in [0.25, 0.3) is 0 Å². The van der Waals surface area contributed by atoms with Crippen LogP contribution in [-0.4, -0.2) is 20.1 Å². The summed E-state index contributed by atoms with van der Waals surface area (Å²) in [6.07, 6.45) is 1.01. The lowest BCUT2D eigenvalue weighted by Crippen LogP contribution is -2.12. The fourth-order valence-corrected chi connectivity index (χ4v) is 2.20. The zero-order chi connectivity index (χ0) is 15.4. The van der Waals surface area contributed by atoms with E-state index in [0.29, 0.717) is 11.3 Å². The molecule has 110 valence electrons. The van der Waals surface area contributed by atoms with Gasteiger partial charge in [-0.1, -0.05) is 19.1 Å². The van der Waals surface area contributed by atoms with Gasteiger partial charge in [0, 0.05) is 12.7 Å². The van der Waals surface area contributed by atoms with E-state index in [4.69, 9.17) is 10.5 Å². The summed E-state index contributed by atoms with van der Waals surface area (Å²) in [5.74, 6) is -0.386. The first-order chi connectivity index (χ1) is 10.1. The first-order valence-corrected chi connectivity index (χ1v) is 6.87. The van der Waals surface area contributed by atoms with Gasteiger partial charge in [-0.05, 0) is 42.3 Å². The van der Waals surface area contributed by atoms with Crippen LogP contribution in [0.15, 0.2) is 42.5 Å². The van der Waals surface area contributed by atoms with Gasteiger partial charge in [-0.25, -0.2) is 4.79 Å². The molecule has 0 aliphatic rings. The predicted octanol–water partition coefficient (Wildman–Crippen LogP) is 3.39. The Morgan fingerprint density at radius 3 is 2.38 bits per heavy atom. The number of nitrogen functional groups attached to an aromatic ring is 1. The topological polar surface area (TPSA) is 55.6 Å². The highest BCUT2D eigenvalue weighted by atomic mass is 16.5. The second kappa shape index (κ2) is 6.31. The molecule has 0 fully saturated rings. The minimum absolute atomic E-state index is 0.386. The number of nitrogens with two attached hydrogens (primary N) is 1. The SMILES string of the molecule is CCc1ccc(N(C)c2ccc(C(=O)OC)cc2N)cc1. The number of carbonyl (C=O) groups excluding carboxylic acids is 1. The third kappa shape index (κ3) is 3.16. The molecule has 4 nitrogen and oxygen atoms in total. The second-order valence-corrected chi connectivity index (χ2v) is 4.84. The number of hydrogen-bond acceptors (Lipinski definition) is 4. The van der Waals surface area contributed by atoms with E-state index in [1.54, 1.807) is 12.1 Å². The molecule has 0 unspecified atom stereocenters. The zero-order valence-corrected chi connectivity index (χ0v) is 12.6. The van der Waals surface area contributed by atoms with Crippen LogP contribution in [-0.2, 0) is 11.2 Å². The number of carbonyl (C=O) groups is 1. The first-order valence-electron chi connectivity index (χ1n) is 6.87. The highest BCUT2D eigenvalue weighted by Crippen LogP contribution is 2.30. The molecule has 0 spiro atoms. The van der Waals surface area contributed by atoms with Crippen LogP contribution in [0.3, 0.4) is 0 Å². The maximum atomic E-state index is 11.5. The third-order valence-corrected chi connectivity index (χ3v) is 3.54. The van der Waals surface area contributed by atoms with Gasteiger partial charge in [-0.15, -0.1) is 0 Å². The van der Waals surface area contributed by atoms with Crippen molar-refractivity contribution in [2.45, 2.75) is 13.3 Å². The first kappa shape index (κ1) is 14.9. The van der Waals surface area contributed by atoms with Crippen molar-refractivity contribution in [2.24, 2.45) is 0 Å². The molecule has 4 heteroatoms. The van der Waals surface area contributed by atoms with E-state index in [-0.39, 0.29) is 5.97 Å². The van der Waals surface area contributed by atoms with Gasteiger partial charge in [-0.3, -0.25) is 0 Å². The highest BCUT2D eigenvalue weighted by molar-refractivity contribution is 5.92. The number of nitrogens with zero attached hydrogens (tertiary/aromatic N) is 1.